The summed E-state index contributed by atoms with van der Waals surface area (Å²) in [5.41, 5.74) is 4.66. The topological polar surface area (TPSA) is 216 Å². The molecule has 0 aliphatic carbocycles. The summed E-state index contributed by atoms with van der Waals surface area (Å²) in [5.74, 6) is -2.88. The van der Waals surface area contributed by atoms with Crippen LogP contribution in [0.2, 0.25) is 0 Å². The molecule has 3 aliphatic rings. The van der Waals surface area contributed by atoms with Crippen LogP contribution in [0.15, 0.2) is 267 Å². The minimum Gasteiger partial charge on any atom is -0.497 e. The number of benzene rings is 9. The first kappa shape index (κ1) is 73.0. The van der Waals surface area contributed by atoms with Crippen LogP contribution in [0.3, 0.4) is 0 Å². The van der Waals surface area contributed by atoms with E-state index in [2.05, 4.69) is 0 Å². The summed E-state index contributed by atoms with van der Waals surface area (Å²) >= 11 is 0. The summed E-state index contributed by atoms with van der Waals surface area (Å²) in [7, 11) is 3.01. The van der Waals surface area contributed by atoms with E-state index in [-0.39, 0.29) is 61.9 Å². The zero-order valence-corrected chi connectivity index (χ0v) is 57.2. The van der Waals surface area contributed by atoms with Crippen molar-refractivity contribution in [2.24, 2.45) is 0 Å². The Morgan fingerprint density at radius 3 is 1.13 bits per heavy atom. The van der Waals surface area contributed by atoms with Gasteiger partial charge in [-0.2, -0.15) is 0 Å². The molecule has 15 atom stereocenters. The zero-order valence-electron chi connectivity index (χ0n) is 57.2. The second-order valence-electron chi connectivity index (χ2n) is 24.8. The number of ether oxygens (including phenoxy) is 16. The van der Waals surface area contributed by atoms with Gasteiger partial charge in [0.15, 0.2) is 37.2 Å². The molecule has 3 aliphatic heterocycles. The van der Waals surface area contributed by atoms with E-state index in [4.69, 9.17) is 75.8 Å². The number of hydrogen-bond acceptors (Lipinski definition) is 20. The SMILES string of the molecule is COc1ccc(CO[C@@H]2[C@@H](O[C@@H]3O[C@H](COC(=O)c4ccccc4)[C@H](OC(=O)c4ccccc4)[C@H](OC(=O)c4ccccc4)[C@H]3OC(=O)c3ccccc3)[C@@H](O[C@H]3O[C@H](COCc4ccccc4)[C@H](OCc4ccccc4)[C@H](OCc4ccccc4)[C@H]3OCc3ccccc3)[C@H](OC)O[C@H]2C)cc1. The van der Waals surface area contributed by atoms with Crippen LogP contribution in [0.1, 0.15) is 76.2 Å². The molecule has 20 nitrogen and oxygen atoms in total. The van der Waals surface area contributed by atoms with Crippen molar-refractivity contribution in [3.05, 3.63) is 317 Å². The van der Waals surface area contributed by atoms with Crippen molar-refractivity contribution in [3.8, 4) is 5.75 Å². The lowest BCUT2D eigenvalue weighted by Crippen LogP contribution is -2.68. The molecule has 3 fully saturated rings. The molecule has 0 unspecified atom stereocenters. The predicted octanol–water partition coefficient (Wildman–Crippen LogP) is 12.7. The van der Waals surface area contributed by atoms with Gasteiger partial charge in [-0.25, -0.2) is 19.2 Å². The molecule has 12 rings (SSSR count). The van der Waals surface area contributed by atoms with Crippen LogP contribution < -0.4 is 4.74 Å². The Balaban J connectivity index is 0.996. The van der Waals surface area contributed by atoms with Gasteiger partial charge in [-0.05, 0) is 95.4 Å². The summed E-state index contributed by atoms with van der Waals surface area (Å²) < 4.78 is 109. The quantitative estimate of drug-likeness (QED) is 0.0291. The number of carbonyl (C=O) groups is 4. The largest absolute Gasteiger partial charge is 0.497 e. The van der Waals surface area contributed by atoms with Gasteiger partial charge < -0.3 is 75.8 Å². The zero-order chi connectivity index (χ0) is 71.1. The summed E-state index contributed by atoms with van der Waals surface area (Å²) in [4.78, 5) is 58.7. The van der Waals surface area contributed by atoms with Gasteiger partial charge >= 0.3 is 23.9 Å². The number of methoxy groups -OCH3 is 2. The van der Waals surface area contributed by atoms with Crippen LogP contribution in [-0.2, 0) is 104 Å². The predicted molar refractivity (Wildman–Crippen MR) is 375 cm³/mol. The van der Waals surface area contributed by atoms with E-state index in [0.29, 0.717) is 5.75 Å². The van der Waals surface area contributed by atoms with Gasteiger partial charge in [0.1, 0.15) is 61.2 Å². The average Bonchev–Trinajstić information content (AvgIpc) is 0.762. The fourth-order valence-electron chi connectivity index (χ4n) is 12.4. The first-order valence-corrected chi connectivity index (χ1v) is 34.2. The Hall–Kier alpha value is -9.78. The lowest BCUT2D eigenvalue weighted by atomic mass is 9.95. The highest BCUT2D eigenvalue weighted by Gasteiger charge is 2.59. The normalized spacial score (nSPS) is 24.6. The smallest absolute Gasteiger partial charge is 0.338 e. The van der Waals surface area contributed by atoms with E-state index < -0.39 is 123 Å². The number of rotatable bonds is 31. The second kappa shape index (κ2) is 36.9. The number of carbonyl (C=O) groups excluding carboxylic acids is 4. The van der Waals surface area contributed by atoms with Crippen molar-refractivity contribution in [3.63, 3.8) is 0 Å². The van der Waals surface area contributed by atoms with Crippen LogP contribution in [-0.4, -0.2) is 143 Å². The van der Waals surface area contributed by atoms with E-state index >= 15 is 4.79 Å². The molecule has 534 valence electrons. The molecule has 3 heterocycles. The molecule has 9 aromatic carbocycles. The summed E-state index contributed by atoms with van der Waals surface area (Å²) in [5, 5.41) is 0. The lowest BCUT2D eigenvalue weighted by Gasteiger charge is -2.51. The minimum absolute atomic E-state index is 0.0377. The van der Waals surface area contributed by atoms with Crippen LogP contribution in [0, 0.1) is 0 Å². The van der Waals surface area contributed by atoms with Crippen LogP contribution in [0.5, 0.6) is 5.75 Å². The molecule has 0 radical (unpaired) electrons. The van der Waals surface area contributed by atoms with Crippen molar-refractivity contribution in [2.75, 3.05) is 27.4 Å². The third-order valence-corrected chi connectivity index (χ3v) is 17.7. The van der Waals surface area contributed by atoms with E-state index in [0.717, 1.165) is 27.8 Å². The fraction of sp³-hybridized carbons (Fsp3) is 0.301. The first-order chi connectivity index (χ1) is 50.5. The molecule has 0 aromatic heterocycles. The second-order valence-corrected chi connectivity index (χ2v) is 24.8. The van der Waals surface area contributed by atoms with Crippen LogP contribution >= 0.6 is 0 Å². The Bertz CT molecular complexity index is 4040. The molecule has 0 saturated carbocycles. The standard InChI is InChI=1S/C83H82O20/c1-55-68(91-52-60-44-46-65(88-2)47-45-60)72(102-83-76(101-80(87)64-42-26-11-27-43-64)73(100-79(86)63-40-24-10-25-41-63)70(99-78(85)62-38-22-9-23-39-62)67(98-83)54-95-77(84)61-36-20-8-21-37-61)75(81(89-3)96-55)103-82-74(94-51-59-34-18-7-19-35-59)71(93-50-58-32-16-6-17-33-58)69(92-49-57-30-14-5-15-31-57)66(97-82)53-90-48-56-28-12-4-13-29-56/h4-47,55,66-76,81-83H,48-54H2,1-3H3/t55-,66+,67+,68-,69-,70-,71-,72+,73-,74+,75+,76+,81+,82+,83-/m0/s1. The Morgan fingerprint density at radius 2 is 0.670 bits per heavy atom. The van der Waals surface area contributed by atoms with Crippen molar-refractivity contribution >= 4 is 23.9 Å². The maximum Gasteiger partial charge on any atom is 0.338 e. The van der Waals surface area contributed by atoms with Gasteiger partial charge in [0.25, 0.3) is 0 Å². The highest BCUT2D eigenvalue weighted by molar-refractivity contribution is 5.91. The van der Waals surface area contributed by atoms with E-state index in [1.54, 1.807) is 111 Å². The molecular formula is C83H82O20. The monoisotopic (exact) mass is 1400 g/mol. The highest BCUT2D eigenvalue weighted by atomic mass is 16.8. The first-order valence-electron chi connectivity index (χ1n) is 34.2. The number of hydrogen-bond donors (Lipinski definition) is 0. The van der Waals surface area contributed by atoms with E-state index in [9.17, 15) is 14.4 Å². The Morgan fingerprint density at radius 1 is 0.311 bits per heavy atom. The van der Waals surface area contributed by atoms with E-state index in [1.807, 2.05) is 133 Å². The maximum absolute atomic E-state index is 15.0. The van der Waals surface area contributed by atoms with Gasteiger partial charge in [0.05, 0.1) is 75.1 Å². The van der Waals surface area contributed by atoms with Gasteiger partial charge in [0.2, 0.25) is 0 Å². The summed E-state index contributed by atoms with van der Waals surface area (Å²) in [6.45, 7) is 1.54. The average molecular weight is 1400 g/mol. The van der Waals surface area contributed by atoms with Crippen molar-refractivity contribution in [1.82, 2.24) is 0 Å². The molecule has 9 aromatic rings. The van der Waals surface area contributed by atoms with Gasteiger partial charge in [0, 0.05) is 7.11 Å². The molecule has 0 spiro atoms. The highest BCUT2D eigenvalue weighted by Crippen LogP contribution is 2.40. The molecule has 103 heavy (non-hydrogen) atoms. The van der Waals surface area contributed by atoms with Crippen molar-refractivity contribution < 1.29 is 95.0 Å². The van der Waals surface area contributed by atoms with Crippen LogP contribution in [0.25, 0.3) is 0 Å². The number of esters is 4. The fourth-order valence-corrected chi connectivity index (χ4v) is 12.4. The maximum atomic E-state index is 15.0. The molecule has 0 N–H and O–H groups in total. The van der Waals surface area contributed by atoms with Gasteiger partial charge in [-0.1, -0.05) is 206 Å². The minimum atomic E-state index is -1.88. The van der Waals surface area contributed by atoms with Crippen molar-refractivity contribution in [1.29, 1.82) is 0 Å². The third-order valence-electron chi connectivity index (χ3n) is 17.7. The molecule has 20 heteroatoms. The summed E-state index contributed by atoms with van der Waals surface area (Å²) in [6, 6.07) is 78.6. The Labute approximate surface area is 598 Å². The van der Waals surface area contributed by atoms with Gasteiger partial charge in [-0.3, -0.25) is 0 Å². The van der Waals surface area contributed by atoms with Gasteiger partial charge in [-0.15, -0.1) is 0 Å². The molecular weight excluding hydrogens is 1320 g/mol. The molecule has 0 bridgehead atoms. The Kier molecular flexibility index (Phi) is 26.1. The van der Waals surface area contributed by atoms with Crippen LogP contribution in [0.4, 0.5) is 0 Å². The van der Waals surface area contributed by atoms with E-state index in [1.165, 1.54) is 43.5 Å². The summed E-state index contributed by atoms with van der Waals surface area (Å²) in [6.07, 6.45) is -20.6. The molecule has 0 amide bonds. The molecule has 3 saturated heterocycles. The lowest BCUT2D eigenvalue weighted by molar-refractivity contribution is -0.395. The van der Waals surface area contributed by atoms with Crippen molar-refractivity contribution in [2.45, 2.75) is 132 Å². The third kappa shape index (κ3) is 19.7.